The maximum atomic E-state index is 4.50. The van der Waals surface area contributed by atoms with Crippen molar-refractivity contribution in [3.05, 3.63) is 24.6 Å². The molecule has 1 aliphatic heterocycles. The highest BCUT2D eigenvalue weighted by atomic mass is 16.6. The second kappa shape index (κ2) is 1.50. The number of hydrogen-bond acceptors (Lipinski definition) is 2. The molecule has 6 heavy (non-hydrogen) atoms. The summed E-state index contributed by atoms with van der Waals surface area (Å²) in [5, 5.41) is 0. The van der Waals surface area contributed by atoms with Crippen molar-refractivity contribution in [1.29, 1.82) is 0 Å². The van der Waals surface area contributed by atoms with E-state index in [9.17, 15) is 0 Å². The fourth-order valence-electron chi connectivity index (χ4n) is 0.229. The first-order valence-corrected chi connectivity index (χ1v) is 1.65. The molecule has 0 aromatic rings. The highest BCUT2D eigenvalue weighted by Gasteiger charge is 1.74. The standard InChI is InChI=1S/C4H4NO/c1-2-4-6-5-3-1/h1-2,4-5H. The highest BCUT2D eigenvalue weighted by molar-refractivity contribution is 4.96. The molecule has 0 amide bonds. The van der Waals surface area contributed by atoms with E-state index >= 15 is 0 Å². The lowest BCUT2D eigenvalue weighted by molar-refractivity contribution is 0.165. The predicted molar refractivity (Wildman–Crippen MR) is 21.2 cm³/mol. The van der Waals surface area contributed by atoms with Crippen LogP contribution in [0.1, 0.15) is 0 Å². The van der Waals surface area contributed by atoms with Crippen molar-refractivity contribution in [3.8, 4) is 0 Å². The van der Waals surface area contributed by atoms with E-state index in [4.69, 9.17) is 0 Å². The van der Waals surface area contributed by atoms with Gasteiger partial charge in [-0.05, 0) is 12.2 Å². The third-order valence-corrected chi connectivity index (χ3v) is 0.444. The Labute approximate surface area is 36.1 Å². The van der Waals surface area contributed by atoms with Crippen LogP contribution in [0.4, 0.5) is 0 Å². The Morgan fingerprint density at radius 1 is 1.67 bits per heavy atom. The van der Waals surface area contributed by atoms with Gasteiger partial charge in [0.1, 0.15) is 6.26 Å². The zero-order valence-electron chi connectivity index (χ0n) is 3.14. The van der Waals surface area contributed by atoms with Crippen LogP contribution in [-0.2, 0) is 4.84 Å². The summed E-state index contributed by atoms with van der Waals surface area (Å²) in [6.45, 7) is 0. The fourth-order valence-corrected chi connectivity index (χ4v) is 0.229. The summed E-state index contributed by atoms with van der Waals surface area (Å²) in [4.78, 5) is 4.50. The van der Waals surface area contributed by atoms with Crippen LogP contribution in [0, 0.1) is 6.20 Å². The van der Waals surface area contributed by atoms with Gasteiger partial charge in [-0.1, -0.05) is 0 Å². The van der Waals surface area contributed by atoms with E-state index in [-0.39, 0.29) is 0 Å². The molecule has 0 saturated carbocycles. The molecule has 0 aromatic heterocycles. The van der Waals surface area contributed by atoms with Crippen molar-refractivity contribution in [2.45, 2.75) is 0 Å². The van der Waals surface area contributed by atoms with E-state index in [1.54, 1.807) is 12.2 Å². The number of hydroxylamine groups is 1. The van der Waals surface area contributed by atoms with E-state index in [0.29, 0.717) is 0 Å². The van der Waals surface area contributed by atoms with Gasteiger partial charge in [0.2, 0.25) is 0 Å². The molecule has 0 aromatic carbocycles. The molecule has 0 unspecified atom stereocenters. The molecule has 0 saturated heterocycles. The molecule has 0 aliphatic carbocycles. The molecule has 1 heterocycles. The van der Waals surface area contributed by atoms with Gasteiger partial charge in [0.05, 0.1) is 6.20 Å². The quantitative estimate of drug-likeness (QED) is 0.455. The van der Waals surface area contributed by atoms with Crippen molar-refractivity contribution in [1.82, 2.24) is 5.48 Å². The molecular formula is C4H4NO. The molecule has 1 N–H and O–H groups in total. The molecule has 0 spiro atoms. The van der Waals surface area contributed by atoms with Gasteiger partial charge in [0.25, 0.3) is 0 Å². The minimum Gasteiger partial charge on any atom is -0.390 e. The molecule has 31 valence electrons. The predicted octanol–water partition coefficient (Wildman–Crippen LogP) is 0.352. The van der Waals surface area contributed by atoms with Gasteiger partial charge in [-0.15, -0.1) is 0 Å². The normalized spacial score (nSPS) is 16.0. The summed E-state index contributed by atoms with van der Waals surface area (Å²) in [6.07, 6.45) is 7.61. The van der Waals surface area contributed by atoms with Crippen molar-refractivity contribution in [2.24, 2.45) is 0 Å². The molecule has 1 aliphatic rings. The average molecular weight is 82.1 g/mol. The Morgan fingerprint density at radius 2 is 2.67 bits per heavy atom. The lowest BCUT2D eigenvalue weighted by atomic mass is 10.6. The Bertz CT molecular complexity index is 73.5. The first-order valence-electron chi connectivity index (χ1n) is 1.65. The van der Waals surface area contributed by atoms with Gasteiger partial charge in [0.15, 0.2) is 0 Å². The first-order chi connectivity index (χ1) is 3.00. The van der Waals surface area contributed by atoms with Crippen LogP contribution in [0.15, 0.2) is 18.4 Å². The van der Waals surface area contributed by atoms with Gasteiger partial charge in [0, 0.05) is 0 Å². The Kier molecular flexibility index (Phi) is 0.819. The van der Waals surface area contributed by atoms with Gasteiger partial charge < -0.3 is 4.84 Å². The average Bonchev–Trinajstić information content (AvgIpc) is 1.72. The summed E-state index contributed by atoms with van der Waals surface area (Å²) in [6, 6.07) is 0. The van der Waals surface area contributed by atoms with Crippen LogP contribution >= 0.6 is 0 Å². The minimum absolute atomic E-state index is 1.54. The summed E-state index contributed by atoms with van der Waals surface area (Å²) >= 11 is 0. The van der Waals surface area contributed by atoms with E-state index in [0.717, 1.165) is 0 Å². The SMILES string of the molecule is [C]1=CC=CON1. The van der Waals surface area contributed by atoms with Gasteiger partial charge in [-0.3, -0.25) is 0 Å². The molecule has 0 fully saturated rings. The van der Waals surface area contributed by atoms with Crippen molar-refractivity contribution in [3.63, 3.8) is 0 Å². The number of rotatable bonds is 0. The van der Waals surface area contributed by atoms with Crippen LogP contribution in [0.3, 0.4) is 0 Å². The molecule has 0 atom stereocenters. The van der Waals surface area contributed by atoms with Crippen LogP contribution in [0.5, 0.6) is 0 Å². The Morgan fingerprint density at radius 3 is 2.83 bits per heavy atom. The zero-order chi connectivity index (χ0) is 4.24. The maximum absolute atomic E-state index is 4.50. The first kappa shape index (κ1) is 3.28. The van der Waals surface area contributed by atoms with Gasteiger partial charge in [-0.2, -0.15) is 0 Å². The number of allylic oxidation sites excluding steroid dienone is 2. The number of nitrogens with one attached hydrogen (secondary N) is 1. The lowest BCUT2D eigenvalue weighted by Gasteiger charge is -1.96. The summed E-state index contributed by atoms with van der Waals surface area (Å²) in [5.74, 6) is 0. The maximum Gasteiger partial charge on any atom is 0.119 e. The second-order valence-corrected chi connectivity index (χ2v) is 0.859. The number of hydrogen-bond donors (Lipinski definition) is 1. The van der Waals surface area contributed by atoms with Crippen LogP contribution < -0.4 is 5.48 Å². The van der Waals surface area contributed by atoms with Crippen LogP contribution in [0.2, 0.25) is 0 Å². The Hall–Kier alpha value is -0.920. The molecule has 2 heteroatoms. The topological polar surface area (TPSA) is 21.3 Å². The summed E-state index contributed by atoms with van der Waals surface area (Å²) < 4.78 is 0. The van der Waals surface area contributed by atoms with E-state index in [1.807, 2.05) is 0 Å². The minimum atomic E-state index is 1.54. The van der Waals surface area contributed by atoms with E-state index < -0.39 is 0 Å². The Balaban J connectivity index is 2.46. The van der Waals surface area contributed by atoms with E-state index in [2.05, 4.69) is 16.5 Å². The van der Waals surface area contributed by atoms with Crippen LogP contribution in [-0.4, -0.2) is 0 Å². The van der Waals surface area contributed by atoms with Crippen molar-refractivity contribution in [2.75, 3.05) is 0 Å². The fraction of sp³-hybridized carbons (Fsp3) is 0. The summed E-state index contributed by atoms with van der Waals surface area (Å²) in [5.41, 5.74) is 2.39. The van der Waals surface area contributed by atoms with Crippen LogP contribution in [0.25, 0.3) is 0 Å². The summed E-state index contributed by atoms with van der Waals surface area (Å²) in [7, 11) is 0. The van der Waals surface area contributed by atoms with Gasteiger partial charge in [-0.25, -0.2) is 5.48 Å². The third kappa shape index (κ3) is 0.516. The van der Waals surface area contributed by atoms with E-state index in [1.165, 1.54) is 6.26 Å². The third-order valence-electron chi connectivity index (χ3n) is 0.444. The molecule has 1 radical (unpaired) electrons. The molecule has 1 rings (SSSR count). The molecular weight excluding hydrogens is 78.0 g/mol. The monoisotopic (exact) mass is 82.0 g/mol. The largest absolute Gasteiger partial charge is 0.390 e. The van der Waals surface area contributed by atoms with Gasteiger partial charge >= 0.3 is 0 Å². The van der Waals surface area contributed by atoms with Crippen molar-refractivity contribution < 1.29 is 4.84 Å². The molecule has 2 nitrogen and oxygen atoms in total. The lowest BCUT2D eigenvalue weighted by Crippen LogP contribution is -2.02. The molecule has 0 bridgehead atoms. The highest BCUT2D eigenvalue weighted by Crippen LogP contribution is 1.79. The van der Waals surface area contributed by atoms with Crippen molar-refractivity contribution >= 4 is 0 Å². The smallest absolute Gasteiger partial charge is 0.119 e. The zero-order valence-corrected chi connectivity index (χ0v) is 3.14. The second-order valence-electron chi connectivity index (χ2n) is 0.859.